The van der Waals surface area contributed by atoms with Gasteiger partial charge in [0.15, 0.2) is 6.61 Å². The number of rotatable bonds is 6. The Bertz CT molecular complexity index is 1960. The Kier molecular flexibility index (Phi) is 7.20. The number of hydrogen-bond acceptors (Lipinski definition) is 8. The van der Waals surface area contributed by atoms with Gasteiger partial charge >= 0.3 is 4.87 Å². The highest BCUT2D eigenvalue weighted by Gasteiger charge is 2.69. The summed E-state index contributed by atoms with van der Waals surface area (Å²) in [6, 6.07) is 18.1. The fourth-order valence-corrected chi connectivity index (χ4v) is 11.2. The summed E-state index contributed by atoms with van der Waals surface area (Å²) in [7, 11) is 0. The molecule has 2 saturated carbocycles. The largest absolute Gasteiger partial charge is 0.508 e. The van der Waals surface area contributed by atoms with Crippen molar-refractivity contribution in [2.75, 3.05) is 16.8 Å². The molecule has 2 aliphatic carbocycles. The Morgan fingerprint density at radius 1 is 0.957 bits per heavy atom. The lowest BCUT2D eigenvalue weighted by atomic mass is 9.68. The van der Waals surface area contributed by atoms with E-state index in [1.54, 1.807) is 60.3 Å². The van der Waals surface area contributed by atoms with Crippen LogP contribution in [0.25, 0.3) is 0 Å². The number of halogens is 2. The van der Waals surface area contributed by atoms with Gasteiger partial charge in [0.25, 0.3) is 5.91 Å². The maximum atomic E-state index is 14.0. The van der Waals surface area contributed by atoms with Crippen molar-refractivity contribution in [3.63, 3.8) is 0 Å². The van der Waals surface area contributed by atoms with Crippen LogP contribution in [0, 0.1) is 29.6 Å². The monoisotopic (exact) mass is 693 g/mol. The topological polar surface area (TPSA) is 129 Å². The maximum absolute atomic E-state index is 14.0. The first kappa shape index (κ1) is 29.6. The molecular formula is C33H25Cl2N3O6S2. The highest BCUT2D eigenvalue weighted by atomic mass is 35.5. The lowest BCUT2D eigenvalue weighted by Crippen LogP contribution is -2.42. The average molecular weight is 695 g/mol. The number of ether oxygens (including phenoxy) is 1. The van der Waals surface area contributed by atoms with Crippen molar-refractivity contribution in [2.45, 2.75) is 22.6 Å². The van der Waals surface area contributed by atoms with Crippen LogP contribution in [0.4, 0.5) is 11.4 Å². The van der Waals surface area contributed by atoms with Gasteiger partial charge in [-0.1, -0.05) is 34.5 Å². The van der Waals surface area contributed by atoms with Crippen molar-refractivity contribution in [2.24, 2.45) is 29.6 Å². The summed E-state index contributed by atoms with van der Waals surface area (Å²) in [5.41, 5.74) is 1.75. The second-order valence-corrected chi connectivity index (χ2v) is 15.1. The van der Waals surface area contributed by atoms with E-state index in [9.17, 15) is 24.3 Å². The molecule has 8 rings (SSSR count). The number of phenolic OH excluding ortho intramolecular Hbond substituents is 1. The molecule has 4 aromatic rings. The Hall–Kier alpha value is -3.77. The van der Waals surface area contributed by atoms with Crippen molar-refractivity contribution < 1.29 is 24.2 Å². The third kappa shape index (κ3) is 4.74. The van der Waals surface area contributed by atoms with Crippen LogP contribution in [0.15, 0.2) is 76.6 Å². The number of amides is 3. The average Bonchev–Trinajstić information content (AvgIpc) is 3.77. The van der Waals surface area contributed by atoms with Gasteiger partial charge in [-0.05, 0) is 90.9 Å². The van der Waals surface area contributed by atoms with E-state index >= 15 is 0 Å². The molecule has 234 valence electrons. The van der Waals surface area contributed by atoms with E-state index < -0.39 is 17.7 Å². The first-order valence-corrected chi connectivity index (χ1v) is 17.2. The molecule has 3 fully saturated rings. The van der Waals surface area contributed by atoms with Crippen molar-refractivity contribution >= 4 is 75.4 Å². The Morgan fingerprint density at radius 3 is 2.39 bits per heavy atom. The van der Waals surface area contributed by atoms with Gasteiger partial charge in [-0.3, -0.25) is 24.1 Å². The van der Waals surface area contributed by atoms with E-state index in [0.29, 0.717) is 27.2 Å². The van der Waals surface area contributed by atoms with E-state index in [1.165, 1.54) is 17.0 Å². The molecule has 2 aliphatic heterocycles. The number of hydrogen-bond donors (Lipinski definition) is 3. The summed E-state index contributed by atoms with van der Waals surface area (Å²) >= 11 is 15.4. The van der Waals surface area contributed by atoms with Gasteiger partial charge in [0.2, 0.25) is 11.8 Å². The molecule has 1 saturated heterocycles. The molecule has 3 amide bonds. The first-order chi connectivity index (χ1) is 22.2. The van der Waals surface area contributed by atoms with Gasteiger partial charge < -0.3 is 20.1 Å². The minimum absolute atomic E-state index is 0.0273. The molecule has 0 radical (unpaired) electrons. The molecule has 4 unspecified atom stereocenters. The zero-order valence-electron chi connectivity index (χ0n) is 23.8. The number of thiazole rings is 1. The number of aromatic amines is 1. The first-order valence-electron chi connectivity index (χ1n) is 14.7. The molecule has 0 spiro atoms. The Balaban J connectivity index is 1.14. The number of benzene rings is 3. The Labute approximate surface area is 280 Å². The van der Waals surface area contributed by atoms with Gasteiger partial charge in [-0.15, -0.1) is 11.8 Å². The number of carbonyl (C=O) groups excluding carboxylic acids is 3. The number of anilines is 2. The number of carbonyl (C=O) groups is 3. The summed E-state index contributed by atoms with van der Waals surface area (Å²) < 4.78 is 6.11. The van der Waals surface area contributed by atoms with Crippen LogP contribution in [-0.2, 0) is 14.4 Å². The number of aromatic hydroxyl groups is 1. The van der Waals surface area contributed by atoms with Crippen LogP contribution in [0.2, 0.25) is 10.0 Å². The standard InChI is InChI=1S/C33H25Cl2N3O6S2/c34-14-1-6-17(7-2-14)38-31(41)26-20-12-21(27(26)32(38)42)28-25(20)24(29-30(45-28)37-33(43)46-29)19-11-15(35)3-10-22(19)44-13-23(40)36-16-4-8-18(39)9-5-16/h1-11,20-21,24-28,39H,12-13H2,(H,36,40)(H,37,43)/t20-,21-,24-,25?,26?,27?,28?/m1/s1. The zero-order chi connectivity index (χ0) is 31.9. The van der Waals surface area contributed by atoms with Crippen LogP contribution in [-0.4, -0.2) is 39.7 Å². The van der Waals surface area contributed by atoms with Gasteiger partial charge in [-0.25, -0.2) is 0 Å². The normalized spacial score (nSPS) is 27.3. The van der Waals surface area contributed by atoms with E-state index in [2.05, 4.69) is 10.3 Å². The molecule has 13 heteroatoms. The smallest absolute Gasteiger partial charge is 0.305 e. The van der Waals surface area contributed by atoms with E-state index in [-0.39, 0.29) is 58.0 Å². The number of fused-ring (bicyclic) bond motifs is 9. The van der Waals surface area contributed by atoms with Crippen LogP contribution in [0.3, 0.4) is 0 Å². The summed E-state index contributed by atoms with van der Waals surface area (Å²) in [5.74, 6) is -1.75. The predicted octanol–water partition coefficient (Wildman–Crippen LogP) is 6.14. The molecule has 2 bridgehead atoms. The van der Waals surface area contributed by atoms with Crippen LogP contribution < -0.4 is 19.8 Å². The maximum Gasteiger partial charge on any atom is 0.305 e. The summed E-state index contributed by atoms with van der Waals surface area (Å²) in [6.07, 6.45) is 0.727. The summed E-state index contributed by atoms with van der Waals surface area (Å²) in [6.45, 7) is -0.291. The quantitative estimate of drug-likeness (QED) is 0.163. The lowest BCUT2D eigenvalue weighted by Gasteiger charge is -2.43. The van der Waals surface area contributed by atoms with Gasteiger partial charge in [0.1, 0.15) is 11.5 Å². The number of nitrogens with zero attached hydrogens (tertiary/aromatic N) is 1. The van der Waals surface area contributed by atoms with Crippen LogP contribution in [0.1, 0.15) is 22.8 Å². The molecule has 46 heavy (non-hydrogen) atoms. The summed E-state index contributed by atoms with van der Waals surface area (Å²) in [5, 5.41) is 14.0. The summed E-state index contributed by atoms with van der Waals surface area (Å²) in [4.78, 5) is 58.4. The lowest BCUT2D eigenvalue weighted by molar-refractivity contribution is -0.123. The minimum atomic E-state index is -0.477. The minimum Gasteiger partial charge on any atom is -0.508 e. The van der Waals surface area contributed by atoms with Gasteiger partial charge in [0.05, 0.1) is 22.5 Å². The van der Waals surface area contributed by atoms with Crippen LogP contribution in [0.5, 0.6) is 11.5 Å². The highest BCUT2D eigenvalue weighted by Crippen LogP contribution is 2.69. The number of aromatic nitrogens is 1. The van der Waals surface area contributed by atoms with Crippen molar-refractivity contribution in [1.82, 2.24) is 4.98 Å². The zero-order valence-corrected chi connectivity index (χ0v) is 27.0. The number of thioether (sulfide) groups is 1. The number of H-pyrrole nitrogens is 1. The van der Waals surface area contributed by atoms with E-state index in [1.807, 2.05) is 6.07 Å². The molecule has 7 atom stereocenters. The van der Waals surface area contributed by atoms with E-state index in [0.717, 1.165) is 33.2 Å². The van der Waals surface area contributed by atoms with Gasteiger partial charge in [0, 0.05) is 37.3 Å². The molecule has 3 heterocycles. The fourth-order valence-electron chi connectivity index (χ4n) is 7.99. The second kappa shape index (κ2) is 11.2. The predicted molar refractivity (Wildman–Crippen MR) is 176 cm³/mol. The molecular weight excluding hydrogens is 669 g/mol. The number of phenols is 1. The highest BCUT2D eigenvalue weighted by molar-refractivity contribution is 8.00. The molecule has 9 nitrogen and oxygen atoms in total. The second-order valence-electron chi connectivity index (χ2n) is 12.0. The fraction of sp³-hybridized carbons (Fsp3) is 0.273. The van der Waals surface area contributed by atoms with Crippen LogP contribution >= 0.6 is 46.3 Å². The molecule has 1 aromatic heterocycles. The van der Waals surface area contributed by atoms with Gasteiger partial charge in [-0.2, -0.15) is 0 Å². The van der Waals surface area contributed by atoms with Crippen molar-refractivity contribution in [1.29, 1.82) is 0 Å². The molecule has 4 aliphatic rings. The van der Waals surface area contributed by atoms with E-state index in [4.69, 9.17) is 27.9 Å². The third-order valence-corrected chi connectivity index (χ3v) is 12.7. The van der Waals surface area contributed by atoms with Crippen molar-refractivity contribution in [3.05, 3.63) is 96.9 Å². The van der Waals surface area contributed by atoms with Crippen molar-refractivity contribution in [3.8, 4) is 11.5 Å². The number of nitrogens with one attached hydrogen (secondary N) is 2. The third-order valence-electron chi connectivity index (χ3n) is 9.63. The molecule has 3 aromatic carbocycles. The number of imide groups is 1. The Morgan fingerprint density at radius 2 is 1.65 bits per heavy atom. The molecule has 3 N–H and O–H groups in total. The SMILES string of the molecule is O=C(COc1ccc(Cl)cc1[C@H]1c2sc(=O)[nH]c2SC2C1[C@H]1C[C@@H]2C2C(=O)N(c3ccc(Cl)cc3)C(=O)C21)Nc1ccc(O)cc1.